The number of nitrogens with one attached hydrogen (secondary N) is 1. The molecule has 4 aliphatic rings. The number of hydrogen-bond donors (Lipinski definition) is 2. The molecule has 8 nitrogen and oxygen atoms in total. The highest BCUT2D eigenvalue weighted by Crippen LogP contribution is 2.48. The maximum absolute atomic E-state index is 10.0. The zero-order valence-electron chi connectivity index (χ0n) is 19.1. The van der Waals surface area contributed by atoms with E-state index in [1.165, 1.54) is 11.1 Å². The Morgan fingerprint density at radius 2 is 1.66 bits per heavy atom. The van der Waals surface area contributed by atoms with Crippen LogP contribution in [0, 0.1) is 5.92 Å². The molecule has 178 valence electrons. The number of rotatable bonds is 4. The van der Waals surface area contributed by atoms with Gasteiger partial charge in [-0.15, -0.1) is 0 Å². The number of nitrogens with zero attached hydrogens (tertiary/aromatic N) is 3. The standard InChI is InChI=1S/C27H26N4O4/c32-14-21-24-25(35-27(34-24)11-16-6-4-5-7-17(16)12-27)23(33-21)18-10-20-22(28-13-18)26(30-15-29-20)31-19-8-2-1-3-9-19/h1-9,13,15,18,21,23-25,32H,10-12,14H2,(H,29,30,31). The van der Waals surface area contributed by atoms with E-state index in [0.29, 0.717) is 25.1 Å². The molecule has 0 saturated carbocycles. The number of aromatic nitrogens is 2. The minimum Gasteiger partial charge on any atom is -0.394 e. The van der Waals surface area contributed by atoms with Crippen molar-refractivity contribution in [2.45, 2.75) is 49.5 Å². The average Bonchev–Trinajstić information content (AvgIpc) is 3.54. The van der Waals surface area contributed by atoms with E-state index in [2.05, 4.69) is 39.6 Å². The fourth-order valence-electron chi connectivity index (χ4n) is 5.86. The fraction of sp³-hybridized carbons (Fsp3) is 0.370. The van der Waals surface area contributed by atoms with Gasteiger partial charge in [0, 0.05) is 37.1 Å². The molecular weight excluding hydrogens is 444 g/mol. The molecule has 2 N–H and O–H groups in total. The zero-order chi connectivity index (χ0) is 23.4. The van der Waals surface area contributed by atoms with Gasteiger partial charge in [-0.3, -0.25) is 4.99 Å². The molecule has 0 amide bonds. The van der Waals surface area contributed by atoms with E-state index in [4.69, 9.17) is 19.2 Å². The highest BCUT2D eigenvalue weighted by molar-refractivity contribution is 5.78. The molecule has 3 aliphatic heterocycles. The van der Waals surface area contributed by atoms with Gasteiger partial charge in [-0.25, -0.2) is 9.97 Å². The molecule has 5 atom stereocenters. The third-order valence-electron chi connectivity index (χ3n) is 7.45. The van der Waals surface area contributed by atoms with Gasteiger partial charge in [0.1, 0.15) is 30.3 Å². The second-order valence-electron chi connectivity index (χ2n) is 9.67. The molecule has 8 heteroatoms. The van der Waals surface area contributed by atoms with Crippen LogP contribution < -0.4 is 5.32 Å². The average molecular weight is 471 g/mol. The number of aliphatic hydroxyl groups excluding tert-OH is 1. The number of aliphatic imine (C=N–C) groups is 1. The van der Waals surface area contributed by atoms with Gasteiger partial charge in [-0.05, 0) is 23.3 Å². The summed E-state index contributed by atoms with van der Waals surface area (Å²) in [5, 5.41) is 13.4. The van der Waals surface area contributed by atoms with Crippen LogP contribution >= 0.6 is 0 Å². The summed E-state index contributed by atoms with van der Waals surface area (Å²) in [5.74, 6) is -0.0568. The van der Waals surface area contributed by atoms with Gasteiger partial charge in [0.05, 0.1) is 18.4 Å². The van der Waals surface area contributed by atoms with E-state index in [1.807, 2.05) is 36.5 Å². The Bertz CT molecular complexity index is 1260. The van der Waals surface area contributed by atoms with Crippen LogP contribution in [0.3, 0.4) is 0 Å². The van der Waals surface area contributed by atoms with Crippen molar-refractivity contribution in [3.05, 3.63) is 77.7 Å². The Morgan fingerprint density at radius 1 is 0.914 bits per heavy atom. The molecular formula is C27H26N4O4. The Morgan fingerprint density at radius 3 is 2.43 bits per heavy atom. The van der Waals surface area contributed by atoms with E-state index in [9.17, 15) is 5.11 Å². The van der Waals surface area contributed by atoms with Crippen molar-refractivity contribution < 1.29 is 19.3 Å². The topological polar surface area (TPSA) is 98.1 Å². The van der Waals surface area contributed by atoms with E-state index in [-0.39, 0.29) is 30.8 Å². The molecule has 2 fully saturated rings. The number of anilines is 2. The number of aliphatic hydroxyl groups is 1. The molecule has 5 unspecified atom stereocenters. The zero-order valence-corrected chi connectivity index (χ0v) is 19.1. The summed E-state index contributed by atoms with van der Waals surface area (Å²) in [7, 11) is 0. The second kappa shape index (κ2) is 8.20. The monoisotopic (exact) mass is 470 g/mol. The van der Waals surface area contributed by atoms with Crippen LogP contribution in [0.1, 0.15) is 16.8 Å². The second-order valence-corrected chi connectivity index (χ2v) is 9.67. The van der Waals surface area contributed by atoms with Crippen molar-refractivity contribution in [2.24, 2.45) is 10.9 Å². The normalized spacial score (nSPS) is 29.7. The van der Waals surface area contributed by atoms with Crippen molar-refractivity contribution in [1.29, 1.82) is 0 Å². The molecule has 1 spiro atoms. The Hall–Kier alpha value is -3.17. The number of benzene rings is 2. The Balaban J connectivity index is 1.13. The predicted molar refractivity (Wildman–Crippen MR) is 129 cm³/mol. The summed E-state index contributed by atoms with van der Waals surface area (Å²) in [6, 6.07) is 18.3. The molecule has 0 radical (unpaired) electrons. The van der Waals surface area contributed by atoms with Crippen LogP contribution in [0.25, 0.3) is 0 Å². The fourth-order valence-corrected chi connectivity index (χ4v) is 5.86. The summed E-state index contributed by atoms with van der Waals surface area (Å²) in [5.41, 5.74) is 5.06. The van der Waals surface area contributed by atoms with Gasteiger partial charge in [-0.1, -0.05) is 42.5 Å². The Kier molecular flexibility index (Phi) is 4.95. The molecule has 1 aliphatic carbocycles. The van der Waals surface area contributed by atoms with Gasteiger partial charge < -0.3 is 24.6 Å². The van der Waals surface area contributed by atoms with Crippen molar-refractivity contribution in [1.82, 2.24) is 9.97 Å². The number of hydrogen-bond acceptors (Lipinski definition) is 8. The number of para-hydroxylation sites is 1. The molecule has 35 heavy (non-hydrogen) atoms. The van der Waals surface area contributed by atoms with E-state index in [0.717, 1.165) is 17.1 Å². The third-order valence-corrected chi connectivity index (χ3v) is 7.45. The SMILES string of the molecule is OCC1OC(C2C=Nc3c(ncnc3Nc3ccccc3)C2)C2OC3(Cc4ccccc4C3)OC12. The first kappa shape index (κ1) is 21.1. The molecule has 4 heterocycles. The minimum absolute atomic E-state index is 0.0476. The van der Waals surface area contributed by atoms with Crippen LogP contribution in [0.5, 0.6) is 0 Å². The molecule has 7 rings (SSSR count). The first-order chi connectivity index (χ1) is 17.2. The largest absolute Gasteiger partial charge is 0.394 e. The lowest BCUT2D eigenvalue weighted by Crippen LogP contribution is -2.40. The van der Waals surface area contributed by atoms with Crippen molar-refractivity contribution >= 4 is 23.4 Å². The van der Waals surface area contributed by atoms with Gasteiger partial charge in [0.15, 0.2) is 11.6 Å². The van der Waals surface area contributed by atoms with Crippen LogP contribution in [-0.4, -0.2) is 58.1 Å². The third kappa shape index (κ3) is 3.56. The summed E-state index contributed by atoms with van der Waals surface area (Å²) in [6.45, 7) is -0.113. The van der Waals surface area contributed by atoms with Crippen molar-refractivity contribution in [3.8, 4) is 0 Å². The highest BCUT2D eigenvalue weighted by atomic mass is 16.8. The number of fused-ring (bicyclic) bond motifs is 3. The van der Waals surface area contributed by atoms with E-state index in [1.54, 1.807) is 6.33 Å². The van der Waals surface area contributed by atoms with Crippen LogP contribution in [0.15, 0.2) is 65.9 Å². The lowest BCUT2D eigenvalue weighted by atomic mass is 9.91. The highest BCUT2D eigenvalue weighted by Gasteiger charge is 2.60. The first-order valence-electron chi connectivity index (χ1n) is 12.1. The Labute approximate surface area is 203 Å². The molecule has 3 aromatic rings. The van der Waals surface area contributed by atoms with Crippen molar-refractivity contribution in [3.63, 3.8) is 0 Å². The van der Waals surface area contributed by atoms with Gasteiger partial charge >= 0.3 is 0 Å². The first-order valence-corrected chi connectivity index (χ1v) is 12.1. The van der Waals surface area contributed by atoms with Crippen molar-refractivity contribution in [2.75, 3.05) is 11.9 Å². The molecule has 1 aromatic heterocycles. The maximum Gasteiger partial charge on any atom is 0.177 e. The van der Waals surface area contributed by atoms with E-state index < -0.39 is 11.9 Å². The minimum atomic E-state index is -0.687. The smallest absolute Gasteiger partial charge is 0.177 e. The quantitative estimate of drug-likeness (QED) is 0.605. The summed E-state index contributed by atoms with van der Waals surface area (Å²) in [4.78, 5) is 13.7. The lowest BCUT2D eigenvalue weighted by molar-refractivity contribution is -0.207. The van der Waals surface area contributed by atoms with Gasteiger partial charge in [-0.2, -0.15) is 0 Å². The summed E-state index contributed by atoms with van der Waals surface area (Å²) >= 11 is 0. The van der Waals surface area contributed by atoms with Crippen LogP contribution in [-0.2, 0) is 33.5 Å². The van der Waals surface area contributed by atoms with E-state index >= 15 is 0 Å². The predicted octanol–water partition coefficient (Wildman–Crippen LogP) is 3.13. The summed E-state index contributed by atoms with van der Waals surface area (Å²) in [6.07, 6.45) is 4.26. The molecule has 2 aromatic carbocycles. The lowest BCUT2D eigenvalue weighted by Gasteiger charge is -2.30. The molecule has 2 saturated heterocycles. The summed E-state index contributed by atoms with van der Waals surface area (Å²) < 4.78 is 19.4. The van der Waals surface area contributed by atoms with Crippen LogP contribution in [0.4, 0.5) is 17.2 Å². The number of ether oxygens (including phenoxy) is 3. The van der Waals surface area contributed by atoms with Gasteiger partial charge in [0.2, 0.25) is 0 Å². The van der Waals surface area contributed by atoms with Crippen LogP contribution in [0.2, 0.25) is 0 Å². The maximum atomic E-state index is 10.0. The molecule has 0 bridgehead atoms. The van der Waals surface area contributed by atoms with Gasteiger partial charge in [0.25, 0.3) is 0 Å².